The third-order valence-electron chi connectivity index (χ3n) is 2.55. The average Bonchev–Trinajstić information content (AvgIpc) is 3.04. The van der Waals surface area contributed by atoms with Gasteiger partial charge in [0.25, 0.3) is 0 Å². The zero-order chi connectivity index (χ0) is 11.5. The molecule has 16 heavy (non-hydrogen) atoms. The van der Waals surface area contributed by atoms with Gasteiger partial charge in [-0.25, -0.2) is 0 Å². The van der Waals surface area contributed by atoms with E-state index in [0.29, 0.717) is 6.04 Å². The Kier molecular flexibility index (Phi) is 3.30. The highest BCUT2D eigenvalue weighted by atomic mass is 35.5. The molecular weight excluding hydrogens is 222 g/mol. The third-order valence-corrected chi connectivity index (χ3v) is 2.95. The van der Waals surface area contributed by atoms with Crippen molar-refractivity contribution >= 4 is 23.6 Å². The molecule has 3 heteroatoms. The van der Waals surface area contributed by atoms with E-state index in [1.54, 1.807) is 12.2 Å². The Morgan fingerprint density at radius 1 is 1.50 bits per heavy atom. The Labute approximate surface area is 100 Å². The Balaban J connectivity index is 1.98. The van der Waals surface area contributed by atoms with Gasteiger partial charge in [0.2, 0.25) is 5.91 Å². The third kappa shape index (κ3) is 3.11. The minimum Gasteiger partial charge on any atom is -0.350 e. The van der Waals surface area contributed by atoms with E-state index in [4.69, 9.17) is 11.6 Å². The van der Waals surface area contributed by atoms with Gasteiger partial charge in [0.15, 0.2) is 0 Å². The van der Waals surface area contributed by atoms with Crippen LogP contribution in [0.5, 0.6) is 0 Å². The van der Waals surface area contributed by atoms with Crippen LogP contribution in [0.1, 0.15) is 24.0 Å². The monoisotopic (exact) mass is 235 g/mol. The van der Waals surface area contributed by atoms with Crippen molar-refractivity contribution in [1.29, 1.82) is 0 Å². The molecule has 1 saturated carbocycles. The maximum atomic E-state index is 11.4. The molecule has 0 unspecified atom stereocenters. The Bertz CT molecular complexity index is 436. The van der Waals surface area contributed by atoms with Crippen molar-refractivity contribution in [3.63, 3.8) is 0 Å². The van der Waals surface area contributed by atoms with Crippen LogP contribution < -0.4 is 5.32 Å². The largest absolute Gasteiger partial charge is 0.350 e. The van der Waals surface area contributed by atoms with Crippen LogP contribution in [0.15, 0.2) is 24.3 Å². The highest BCUT2D eigenvalue weighted by Crippen LogP contribution is 2.19. The summed E-state index contributed by atoms with van der Waals surface area (Å²) in [6.07, 6.45) is 5.55. The molecule has 1 N–H and O–H groups in total. The normalized spacial score (nSPS) is 15.4. The lowest BCUT2D eigenvalue weighted by atomic mass is 10.1. The summed E-state index contributed by atoms with van der Waals surface area (Å²) >= 11 is 5.99. The van der Waals surface area contributed by atoms with Crippen molar-refractivity contribution in [3.8, 4) is 0 Å². The molecular formula is C13H14ClNO. The highest BCUT2D eigenvalue weighted by Gasteiger charge is 2.21. The Morgan fingerprint density at radius 3 is 2.88 bits per heavy atom. The first-order valence-corrected chi connectivity index (χ1v) is 5.77. The maximum Gasteiger partial charge on any atom is 0.244 e. The van der Waals surface area contributed by atoms with E-state index in [9.17, 15) is 4.79 Å². The van der Waals surface area contributed by atoms with Crippen molar-refractivity contribution in [2.75, 3.05) is 0 Å². The summed E-state index contributed by atoms with van der Waals surface area (Å²) in [5, 5.41) is 3.62. The summed E-state index contributed by atoms with van der Waals surface area (Å²) in [6.45, 7) is 1.95. The molecule has 0 spiro atoms. The van der Waals surface area contributed by atoms with Crippen LogP contribution in [-0.4, -0.2) is 11.9 Å². The molecule has 2 nitrogen and oxygen atoms in total. The number of nitrogens with one attached hydrogen (secondary N) is 1. The molecule has 0 saturated heterocycles. The fourth-order valence-electron chi connectivity index (χ4n) is 1.36. The van der Waals surface area contributed by atoms with Gasteiger partial charge in [-0.2, -0.15) is 0 Å². The molecule has 1 aromatic carbocycles. The van der Waals surface area contributed by atoms with E-state index < -0.39 is 0 Å². The van der Waals surface area contributed by atoms with E-state index in [1.165, 1.54) is 0 Å². The first-order chi connectivity index (χ1) is 7.65. The molecule has 1 aromatic rings. The van der Waals surface area contributed by atoms with Gasteiger partial charge < -0.3 is 5.32 Å². The molecule has 2 rings (SSSR count). The lowest BCUT2D eigenvalue weighted by Crippen LogP contribution is -2.22. The second kappa shape index (κ2) is 4.71. The molecule has 84 valence electrons. The zero-order valence-corrected chi connectivity index (χ0v) is 9.92. The lowest BCUT2D eigenvalue weighted by molar-refractivity contribution is -0.116. The average molecular weight is 236 g/mol. The SMILES string of the molecule is Cc1ccc(C=CC(=O)NC2CC2)cc1Cl. The van der Waals surface area contributed by atoms with Crippen molar-refractivity contribution in [2.45, 2.75) is 25.8 Å². The number of hydrogen-bond donors (Lipinski definition) is 1. The standard InChI is InChI=1S/C13H14ClNO/c1-9-2-3-10(8-12(9)14)4-7-13(16)15-11-5-6-11/h2-4,7-8,11H,5-6H2,1H3,(H,15,16). The number of hydrogen-bond acceptors (Lipinski definition) is 1. The Morgan fingerprint density at radius 2 is 2.25 bits per heavy atom. The van der Waals surface area contributed by atoms with Crippen LogP contribution in [0.25, 0.3) is 6.08 Å². The number of halogens is 1. The van der Waals surface area contributed by atoms with Crippen LogP contribution in [0.3, 0.4) is 0 Å². The van der Waals surface area contributed by atoms with Gasteiger partial charge in [-0.05, 0) is 43.0 Å². The lowest BCUT2D eigenvalue weighted by Gasteiger charge is -1.99. The minimum absolute atomic E-state index is 0.0285. The molecule has 0 radical (unpaired) electrons. The van der Waals surface area contributed by atoms with E-state index in [1.807, 2.05) is 25.1 Å². The van der Waals surface area contributed by atoms with Crippen LogP contribution >= 0.6 is 11.6 Å². The number of rotatable bonds is 3. The fourth-order valence-corrected chi connectivity index (χ4v) is 1.55. The summed E-state index contributed by atoms with van der Waals surface area (Å²) in [6, 6.07) is 6.15. The molecule has 0 aromatic heterocycles. The van der Waals surface area contributed by atoms with E-state index >= 15 is 0 Å². The molecule has 0 aliphatic heterocycles. The minimum atomic E-state index is -0.0285. The highest BCUT2D eigenvalue weighted by molar-refractivity contribution is 6.31. The fraction of sp³-hybridized carbons (Fsp3) is 0.308. The summed E-state index contributed by atoms with van der Waals surface area (Å²) in [5.41, 5.74) is 1.99. The quantitative estimate of drug-likeness (QED) is 0.802. The molecule has 1 fully saturated rings. The summed E-state index contributed by atoms with van der Waals surface area (Å²) in [5.74, 6) is -0.0285. The summed E-state index contributed by atoms with van der Waals surface area (Å²) in [7, 11) is 0. The van der Waals surface area contributed by atoms with Gasteiger partial charge in [0.1, 0.15) is 0 Å². The predicted molar refractivity (Wildman–Crippen MR) is 66.4 cm³/mol. The summed E-state index contributed by atoms with van der Waals surface area (Å²) < 4.78 is 0. The number of carbonyl (C=O) groups is 1. The van der Waals surface area contributed by atoms with Gasteiger partial charge in [-0.1, -0.05) is 23.7 Å². The first kappa shape index (κ1) is 11.2. The van der Waals surface area contributed by atoms with Crippen LogP contribution in [-0.2, 0) is 4.79 Å². The second-order valence-corrected chi connectivity index (χ2v) is 4.53. The smallest absolute Gasteiger partial charge is 0.244 e. The Hall–Kier alpha value is -1.28. The number of benzene rings is 1. The van der Waals surface area contributed by atoms with Gasteiger partial charge in [0.05, 0.1) is 0 Å². The van der Waals surface area contributed by atoms with Crippen molar-refractivity contribution < 1.29 is 4.79 Å². The zero-order valence-electron chi connectivity index (χ0n) is 9.16. The van der Waals surface area contributed by atoms with Gasteiger partial charge in [0, 0.05) is 17.1 Å². The number of amides is 1. The van der Waals surface area contributed by atoms with E-state index in [-0.39, 0.29) is 5.91 Å². The predicted octanol–water partition coefficient (Wildman–Crippen LogP) is 2.94. The van der Waals surface area contributed by atoms with Gasteiger partial charge in [-0.3, -0.25) is 4.79 Å². The summed E-state index contributed by atoms with van der Waals surface area (Å²) in [4.78, 5) is 11.4. The van der Waals surface area contributed by atoms with Crippen molar-refractivity contribution in [2.24, 2.45) is 0 Å². The molecule has 0 bridgehead atoms. The molecule has 1 aliphatic rings. The molecule has 0 heterocycles. The second-order valence-electron chi connectivity index (χ2n) is 4.12. The number of aryl methyl sites for hydroxylation is 1. The topological polar surface area (TPSA) is 29.1 Å². The van der Waals surface area contributed by atoms with Crippen molar-refractivity contribution in [3.05, 3.63) is 40.4 Å². The van der Waals surface area contributed by atoms with Gasteiger partial charge in [-0.15, -0.1) is 0 Å². The maximum absolute atomic E-state index is 11.4. The first-order valence-electron chi connectivity index (χ1n) is 5.40. The molecule has 1 aliphatic carbocycles. The van der Waals surface area contributed by atoms with Crippen molar-refractivity contribution in [1.82, 2.24) is 5.32 Å². The van der Waals surface area contributed by atoms with Gasteiger partial charge >= 0.3 is 0 Å². The molecule has 1 amide bonds. The van der Waals surface area contributed by atoms with E-state index in [0.717, 1.165) is 29.0 Å². The van der Waals surface area contributed by atoms with Crippen LogP contribution in [0.2, 0.25) is 5.02 Å². The number of carbonyl (C=O) groups excluding carboxylic acids is 1. The molecule has 0 atom stereocenters. The van der Waals surface area contributed by atoms with Crippen LogP contribution in [0, 0.1) is 6.92 Å². The van der Waals surface area contributed by atoms with Crippen LogP contribution in [0.4, 0.5) is 0 Å². The van der Waals surface area contributed by atoms with E-state index in [2.05, 4.69) is 5.32 Å².